The van der Waals surface area contributed by atoms with Gasteiger partial charge in [0.25, 0.3) is 0 Å². The highest BCUT2D eigenvalue weighted by Crippen LogP contribution is 2.37. The van der Waals surface area contributed by atoms with Crippen molar-refractivity contribution < 1.29 is 14.6 Å². The molecule has 0 unspecified atom stereocenters. The number of aromatic carboxylic acids is 1. The van der Waals surface area contributed by atoms with Crippen LogP contribution < -0.4 is 4.74 Å². The maximum Gasteiger partial charge on any atom is 0.339 e. The zero-order valence-corrected chi connectivity index (χ0v) is 20.1. The summed E-state index contributed by atoms with van der Waals surface area (Å²) in [6.45, 7) is 10.1. The van der Waals surface area contributed by atoms with Crippen LogP contribution in [0.2, 0.25) is 0 Å². The van der Waals surface area contributed by atoms with Crippen LogP contribution in [0.25, 0.3) is 0 Å². The number of para-hydroxylation sites is 1. The second-order valence-corrected chi connectivity index (χ2v) is 8.98. The lowest BCUT2D eigenvalue weighted by atomic mass is 9.86. The molecule has 3 aromatic carbocycles. The Hall–Kier alpha value is -3.11. The highest BCUT2D eigenvalue weighted by atomic mass is 16.5. The number of carboxylic acids is 1. The average Bonchev–Trinajstić information content (AvgIpc) is 2.81. The summed E-state index contributed by atoms with van der Waals surface area (Å²) in [5.41, 5.74) is 3.29. The molecule has 1 N–H and O–H groups in total. The Labute approximate surface area is 197 Å². The lowest BCUT2D eigenvalue weighted by Gasteiger charge is -2.32. The fourth-order valence-electron chi connectivity index (χ4n) is 4.47. The molecule has 0 aliphatic carbocycles. The number of benzene rings is 3. The van der Waals surface area contributed by atoms with Gasteiger partial charge in [-0.1, -0.05) is 72.8 Å². The first-order valence-corrected chi connectivity index (χ1v) is 11.7. The molecule has 0 fully saturated rings. The molecule has 0 saturated heterocycles. The zero-order chi connectivity index (χ0) is 23.8. The predicted molar refractivity (Wildman–Crippen MR) is 134 cm³/mol. The maximum atomic E-state index is 12.1. The van der Waals surface area contributed by atoms with E-state index in [4.69, 9.17) is 4.74 Å². The summed E-state index contributed by atoms with van der Waals surface area (Å²) in [4.78, 5) is 14.6. The van der Waals surface area contributed by atoms with Crippen LogP contribution in [0, 0.1) is 0 Å². The smallest absolute Gasteiger partial charge is 0.339 e. The maximum absolute atomic E-state index is 12.1. The number of hydrogen-bond acceptors (Lipinski definition) is 3. The number of carbonyl (C=O) groups is 1. The fourth-order valence-corrected chi connectivity index (χ4v) is 4.47. The van der Waals surface area contributed by atoms with Crippen molar-refractivity contribution in [2.24, 2.45) is 0 Å². The van der Waals surface area contributed by atoms with Crippen molar-refractivity contribution in [3.63, 3.8) is 0 Å². The van der Waals surface area contributed by atoms with Gasteiger partial charge in [-0.15, -0.1) is 0 Å². The molecule has 174 valence electrons. The van der Waals surface area contributed by atoms with Gasteiger partial charge in [-0.05, 0) is 57.9 Å². The predicted octanol–water partition coefficient (Wildman–Crippen LogP) is 6.60. The Kier molecular flexibility index (Phi) is 8.67. The van der Waals surface area contributed by atoms with Gasteiger partial charge in [-0.2, -0.15) is 0 Å². The van der Waals surface area contributed by atoms with Crippen molar-refractivity contribution in [2.45, 2.75) is 58.7 Å². The Balaban J connectivity index is 2.01. The standard InChI is InChI=1S/C29H35NO3/c1-21(2)30(22(3)4)19-18-25(24-14-9-6-10-15-24)26-16-11-17-27(29(31)32)28(26)33-20-23-12-7-5-8-13-23/h5-17,21-22,25H,18-20H2,1-4H3,(H,31,32)/t25-/m1/s1. The van der Waals surface area contributed by atoms with Crippen LogP contribution in [0.4, 0.5) is 0 Å². The average molecular weight is 446 g/mol. The van der Waals surface area contributed by atoms with E-state index in [0.717, 1.165) is 29.7 Å². The Morgan fingerprint density at radius 2 is 1.45 bits per heavy atom. The van der Waals surface area contributed by atoms with Crippen molar-refractivity contribution in [1.82, 2.24) is 4.90 Å². The first-order chi connectivity index (χ1) is 15.9. The van der Waals surface area contributed by atoms with Gasteiger partial charge in [0.2, 0.25) is 0 Å². The Morgan fingerprint density at radius 3 is 2.03 bits per heavy atom. The number of carboxylic acid groups (broad SMARTS) is 1. The molecule has 0 aromatic heterocycles. The van der Waals surface area contributed by atoms with E-state index in [2.05, 4.69) is 44.7 Å². The lowest BCUT2D eigenvalue weighted by Crippen LogP contribution is -2.38. The second-order valence-electron chi connectivity index (χ2n) is 8.98. The van der Waals surface area contributed by atoms with Gasteiger partial charge < -0.3 is 9.84 Å². The third-order valence-corrected chi connectivity index (χ3v) is 6.08. The molecule has 3 rings (SSSR count). The largest absolute Gasteiger partial charge is 0.488 e. The van der Waals surface area contributed by atoms with Crippen molar-refractivity contribution in [1.29, 1.82) is 0 Å². The minimum atomic E-state index is -0.974. The van der Waals surface area contributed by atoms with E-state index in [0.29, 0.717) is 24.4 Å². The summed E-state index contributed by atoms with van der Waals surface area (Å²) in [5, 5.41) is 9.92. The van der Waals surface area contributed by atoms with E-state index >= 15 is 0 Å². The number of nitrogens with zero attached hydrogens (tertiary/aromatic N) is 1. The Bertz CT molecular complexity index is 1010. The van der Waals surface area contributed by atoms with Crippen molar-refractivity contribution in [3.05, 3.63) is 101 Å². The topological polar surface area (TPSA) is 49.8 Å². The molecule has 0 aliphatic rings. The van der Waals surface area contributed by atoms with Crippen LogP contribution in [0.15, 0.2) is 78.9 Å². The van der Waals surface area contributed by atoms with E-state index in [-0.39, 0.29) is 11.5 Å². The first kappa shape index (κ1) is 24.5. The minimum Gasteiger partial charge on any atom is -0.488 e. The molecule has 0 radical (unpaired) electrons. The Morgan fingerprint density at radius 1 is 0.848 bits per heavy atom. The molecule has 0 amide bonds. The van der Waals surface area contributed by atoms with Crippen LogP contribution in [-0.2, 0) is 6.61 Å². The van der Waals surface area contributed by atoms with Crippen molar-refractivity contribution >= 4 is 5.97 Å². The molecular weight excluding hydrogens is 410 g/mol. The van der Waals surface area contributed by atoms with Crippen LogP contribution in [0.5, 0.6) is 5.75 Å². The van der Waals surface area contributed by atoms with Gasteiger partial charge in [0.05, 0.1) is 0 Å². The summed E-state index contributed by atoms with van der Waals surface area (Å²) in [6.07, 6.45) is 0.866. The zero-order valence-electron chi connectivity index (χ0n) is 20.1. The SMILES string of the molecule is CC(C)N(CC[C@H](c1ccccc1)c1cccc(C(=O)O)c1OCc1ccccc1)C(C)C. The van der Waals surface area contributed by atoms with E-state index < -0.39 is 5.97 Å². The van der Waals surface area contributed by atoms with Crippen LogP contribution >= 0.6 is 0 Å². The molecule has 4 heteroatoms. The van der Waals surface area contributed by atoms with Crippen molar-refractivity contribution in [2.75, 3.05) is 6.54 Å². The van der Waals surface area contributed by atoms with Gasteiger partial charge in [0.1, 0.15) is 17.9 Å². The minimum absolute atomic E-state index is 0.0243. The highest BCUT2D eigenvalue weighted by Gasteiger charge is 2.25. The summed E-state index contributed by atoms with van der Waals surface area (Å²) < 4.78 is 6.23. The van der Waals surface area contributed by atoms with E-state index in [9.17, 15) is 9.90 Å². The molecule has 1 atom stereocenters. The van der Waals surface area contributed by atoms with Gasteiger partial charge >= 0.3 is 5.97 Å². The van der Waals surface area contributed by atoms with Crippen LogP contribution in [0.1, 0.15) is 67.1 Å². The fraction of sp³-hybridized carbons (Fsp3) is 0.345. The molecule has 33 heavy (non-hydrogen) atoms. The van der Waals surface area contributed by atoms with Crippen LogP contribution in [-0.4, -0.2) is 34.6 Å². The summed E-state index contributed by atoms with van der Waals surface area (Å²) in [5.74, 6) is -0.489. The quantitative estimate of drug-likeness (QED) is 0.361. The molecule has 4 nitrogen and oxygen atoms in total. The number of ether oxygens (including phenoxy) is 1. The van der Waals surface area contributed by atoms with E-state index in [1.54, 1.807) is 6.07 Å². The molecule has 0 saturated carbocycles. The molecule has 0 bridgehead atoms. The normalized spacial score (nSPS) is 12.3. The molecule has 3 aromatic rings. The number of hydrogen-bond donors (Lipinski definition) is 1. The van der Waals surface area contributed by atoms with E-state index in [1.165, 1.54) is 0 Å². The van der Waals surface area contributed by atoms with Gasteiger partial charge in [0.15, 0.2) is 0 Å². The molecule has 0 spiro atoms. The molecule has 0 aliphatic heterocycles. The molecular formula is C29H35NO3. The summed E-state index contributed by atoms with van der Waals surface area (Å²) in [7, 11) is 0. The second kappa shape index (κ2) is 11.7. The van der Waals surface area contributed by atoms with Crippen LogP contribution in [0.3, 0.4) is 0 Å². The summed E-state index contributed by atoms with van der Waals surface area (Å²) >= 11 is 0. The molecule has 0 heterocycles. The number of rotatable bonds is 11. The summed E-state index contributed by atoms with van der Waals surface area (Å²) in [6, 6.07) is 26.5. The van der Waals surface area contributed by atoms with Crippen molar-refractivity contribution in [3.8, 4) is 5.75 Å². The third-order valence-electron chi connectivity index (χ3n) is 6.08. The monoisotopic (exact) mass is 445 g/mol. The van der Waals surface area contributed by atoms with Gasteiger partial charge in [-0.3, -0.25) is 4.90 Å². The first-order valence-electron chi connectivity index (χ1n) is 11.7. The highest BCUT2D eigenvalue weighted by molar-refractivity contribution is 5.91. The van der Waals surface area contributed by atoms with Gasteiger partial charge in [-0.25, -0.2) is 4.79 Å². The van der Waals surface area contributed by atoms with Gasteiger partial charge in [0, 0.05) is 23.6 Å². The lowest BCUT2D eigenvalue weighted by molar-refractivity contribution is 0.0691. The third kappa shape index (κ3) is 6.45. The van der Waals surface area contributed by atoms with E-state index in [1.807, 2.05) is 60.7 Å².